The minimum absolute atomic E-state index is 0.110. The zero-order chi connectivity index (χ0) is 29.3. The number of nitrogens with zero attached hydrogens (tertiary/aromatic N) is 3. The van der Waals surface area contributed by atoms with Crippen LogP contribution in [0.25, 0.3) is 17.4 Å². The topological polar surface area (TPSA) is 135 Å². The number of nitro groups is 1. The van der Waals surface area contributed by atoms with E-state index in [1.807, 2.05) is 6.07 Å². The molecule has 1 aliphatic heterocycles. The van der Waals surface area contributed by atoms with Crippen molar-refractivity contribution in [2.45, 2.75) is 19.9 Å². The normalized spacial score (nSPS) is 14.8. The molecule has 1 aliphatic rings. The maximum absolute atomic E-state index is 13.8. The van der Waals surface area contributed by atoms with Gasteiger partial charge in [-0.1, -0.05) is 23.5 Å². The van der Waals surface area contributed by atoms with Crippen molar-refractivity contribution in [2.24, 2.45) is 4.99 Å². The first-order valence-electron chi connectivity index (χ1n) is 12.5. The van der Waals surface area contributed by atoms with Gasteiger partial charge in [-0.3, -0.25) is 19.5 Å². The summed E-state index contributed by atoms with van der Waals surface area (Å²) in [6, 6.07) is 14.0. The third-order valence-electron chi connectivity index (χ3n) is 6.49. The van der Waals surface area contributed by atoms with Crippen molar-refractivity contribution in [1.82, 2.24) is 4.57 Å². The molecule has 0 radical (unpaired) electrons. The van der Waals surface area contributed by atoms with Gasteiger partial charge in [0.05, 0.1) is 59.2 Å². The highest BCUT2D eigenvalue weighted by Crippen LogP contribution is 2.35. The van der Waals surface area contributed by atoms with Gasteiger partial charge in [0.1, 0.15) is 23.0 Å². The Kier molecular flexibility index (Phi) is 7.58. The Hall–Kier alpha value is -4.97. The minimum atomic E-state index is -0.779. The summed E-state index contributed by atoms with van der Waals surface area (Å²) in [5.74, 6) is 1.09. The third-order valence-corrected chi connectivity index (χ3v) is 7.47. The Bertz CT molecular complexity index is 1880. The number of non-ortho nitro benzene ring substituents is 1. The molecular formula is C29H25N3O8S. The monoisotopic (exact) mass is 575 g/mol. The molecule has 0 fully saturated rings. The Labute approximate surface area is 237 Å². The van der Waals surface area contributed by atoms with Crippen LogP contribution in [0.15, 0.2) is 80.1 Å². The second-order valence-electron chi connectivity index (χ2n) is 8.92. The number of ether oxygens (including phenoxy) is 3. The maximum atomic E-state index is 13.8. The zero-order valence-corrected chi connectivity index (χ0v) is 23.4. The van der Waals surface area contributed by atoms with Gasteiger partial charge in [0.25, 0.3) is 11.2 Å². The fourth-order valence-corrected chi connectivity index (χ4v) is 5.65. The van der Waals surface area contributed by atoms with Gasteiger partial charge in [0.15, 0.2) is 4.80 Å². The fourth-order valence-electron chi connectivity index (χ4n) is 4.62. The predicted octanol–water partition coefficient (Wildman–Crippen LogP) is 3.98. The number of methoxy groups -OCH3 is 2. The first-order valence-corrected chi connectivity index (χ1v) is 13.3. The van der Waals surface area contributed by atoms with Crippen molar-refractivity contribution in [2.75, 3.05) is 20.8 Å². The van der Waals surface area contributed by atoms with Crippen LogP contribution >= 0.6 is 11.3 Å². The summed E-state index contributed by atoms with van der Waals surface area (Å²) in [5.41, 5.74) is 1.44. The Morgan fingerprint density at radius 3 is 2.68 bits per heavy atom. The number of benzene rings is 2. The molecule has 0 aliphatic carbocycles. The minimum Gasteiger partial charge on any atom is -0.497 e. The lowest BCUT2D eigenvalue weighted by Gasteiger charge is -2.24. The van der Waals surface area contributed by atoms with E-state index in [4.69, 9.17) is 18.6 Å². The average Bonchev–Trinajstić information content (AvgIpc) is 3.55. The number of nitro benzene ring substituents is 1. The van der Waals surface area contributed by atoms with E-state index in [2.05, 4.69) is 4.99 Å². The molecule has 2 aromatic carbocycles. The quantitative estimate of drug-likeness (QED) is 0.175. The molecule has 210 valence electrons. The molecule has 0 N–H and O–H groups in total. The number of thiazole rings is 1. The summed E-state index contributed by atoms with van der Waals surface area (Å²) in [4.78, 5) is 42.5. The van der Waals surface area contributed by atoms with Crippen LogP contribution in [0.1, 0.15) is 31.2 Å². The summed E-state index contributed by atoms with van der Waals surface area (Å²) >= 11 is 1.16. The van der Waals surface area contributed by atoms with E-state index < -0.39 is 16.9 Å². The number of hydrogen-bond acceptors (Lipinski definition) is 10. The summed E-state index contributed by atoms with van der Waals surface area (Å²) in [6.45, 7) is 3.60. The lowest BCUT2D eigenvalue weighted by Crippen LogP contribution is -2.39. The second kappa shape index (κ2) is 11.3. The SMILES string of the molecule is CCOC(=O)C1=C(C)N=c2s/c(=C\c3ccc(-c4ccc([N+](=O)[O-])cc4OC)o3)c(=O)n2[C@@H]1c1cccc(OC)c1. The highest BCUT2D eigenvalue weighted by atomic mass is 32.1. The molecule has 0 saturated carbocycles. The van der Waals surface area contributed by atoms with E-state index >= 15 is 0 Å². The molecule has 2 aromatic heterocycles. The molecule has 11 nitrogen and oxygen atoms in total. The van der Waals surface area contributed by atoms with Crippen molar-refractivity contribution in [3.05, 3.63) is 107 Å². The van der Waals surface area contributed by atoms with Gasteiger partial charge in [0.2, 0.25) is 0 Å². The number of rotatable bonds is 8. The number of aromatic nitrogens is 1. The number of carbonyl (C=O) groups excluding carboxylic acids is 1. The lowest BCUT2D eigenvalue weighted by atomic mass is 9.95. The third kappa shape index (κ3) is 5.16. The van der Waals surface area contributed by atoms with Crippen LogP contribution in [-0.2, 0) is 9.53 Å². The Balaban J connectivity index is 1.62. The highest BCUT2D eigenvalue weighted by molar-refractivity contribution is 7.07. The smallest absolute Gasteiger partial charge is 0.338 e. The summed E-state index contributed by atoms with van der Waals surface area (Å²) < 4.78 is 23.8. The van der Waals surface area contributed by atoms with E-state index in [1.165, 1.54) is 23.8 Å². The average molecular weight is 576 g/mol. The molecule has 1 atom stereocenters. The number of carbonyl (C=O) groups is 1. The van der Waals surface area contributed by atoms with Crippen molar-refractivity contribution in [3.63, 3.8) is 0 Å². The number of fused-ring (bicyclic) bond motifs is 1. The standard InChI is InChI=1S/C29H25N3O8S/c1-5-39-28(34)25-16(2)30-29-31(26(25)17-7-6-8-19(13-17)37-3)27(33)24(41-29)15-20-10-12-22(40-20)21-11-9-18(32(35)36)14-23(21)38-4/h6-15,26H,5H2,1-4H3/b24-15-/t26-/m1/s1. The van der Waals surface area contributed by atoms with E-state index in [0.29, 0.717) is 43.4 Å². The van der Waals surface area contributed by atoms with Gasteiger partial charge in [-0.15, -0.1) is 0 Å². The van der Waals surface area contributed by atoms with Crippen LogP contribution in [0.4, 0.5) is 5.69 Å². The molecule has 0 bridgehead atoms. The lowest BCUT2D eigenvalue weighted by molar-refractivity contribution is -0.384. The number of furan rings is 1. The van der Waals surface area contributed by atoms with Crippen molar-refractivity contribution in [1.29, 1.82) is 0 Å². The van der Waals surface area contributed by atoms with E-state index in [9.17, 15) is 19.7 Å². The highest BCUT2D eigenvalue weighted by Gasteiger charge is 2.33. The van der Waals surface area contributed by atoms with Crippen molar-refractivity contribution in [3.8, 4) is 22.8 Å². The molecule has 4 aromatic rings. The van der Waals surface area contributed by atoms with Gasteiger partial charge >= 0.3 is 5.97 Å². The second-order valence-corrected chi connectivity index (χ2v) is 9.93. The molecular weight excluding hydrogens is 550 g/mol. The Morgan fingerprint density at radius 1 is 1.17 bits per heavy atom. The molecule has 0 saturated heterocycles. The van der Waals surface area contributed by atoms with Crippen molar-refractivity contribution >= 4 is 29.1 Å². The van der Waals surface area contributed by atoms with Crippen LogP contribution in [0.5, 0.6) is 11.5 Å². The largest absolute Gasteiger partial charge is 0.497 e. The van der Waals surface area contributed by atoms with Gasteiger partial charge in [-0.2, -0.15) is 0 Å². The molecule has 0 spiro atoms. The van der Waals surface area contributed by atoms with Gasteiger partial charge in [0, 0.05) is 12.1 Å². The van der Waals surface area contributed by atoms with Crippen LogP contribution in [-0.4, -0.2) is 36.3 Å². The number of hydrogen-bond donors (Lipinski definition) is 0. The first-order chi connectivity index (χ1) is 19.7. The van der Waals surface area contributed by atoms with Crippen LogP contribution in [0.2, 0.25) is 0 Å². The van der Waals surface area contributed by atoms with Crippen LogP contribution in [0.3, 0.4) is 0 Å². The van der Waals surface area contributed by atoms with E-state index in [-0.39, 0.29) is 29.2 Å². The number of allylic oxidation sites excluding steroid dienone is 1. The fraction of sp³-hybridized carbons (Fsp3) is 0.207. The molecule has 5 rings (SSSR count). The first kappa shape index (κ1) is 27.6. The van der Waals surface area contributed by atoms with Crippen LogP contribution in [0, 0.1) is 10.1 Å². The van der Waals surface area contributed by atoms with Gasteiger partial charge in [-0.25, -0.2) is 9.79 Å². The summed E-state index contributed by atoms with van der Waals surface area (Å²) in [7, 11) is 2.96. The summed E-state index contributed by atoms with van der Waals surface area (Å²) in [6.07, 6.45) is 1.59. The predicted molar refractivity (Wildman–Crippen MR) is 151 cm³/mol. The maximum Gasteiger partial charge on any atom is 0.338 e. The number of esters is 1. The van der Waals surface area contributed by atoms with Crippen molar-refractivity contribution < 1.29 is 28.3 Å². The zero-order valence-electron chi connectivity index (χ0n) is 22.6. The van der Waals surface area contributed by atoms with Gasteiger partial charge < -0.3 is 18.6 Å². The van der Waals surface area contributed by atoms with Gasteiger partial charge in [-0.05, 0) is 49.7 Å². The molecule has 0 amide bonds. The Morgan fingerprint density at radius 2 is 1.98 bits per heavy atom. The van der Waals surface area contributed by atoms with E-state index in [1.54, 1.807) is 63.4 Å². The van der Waals surface area contributed by atoms with E-state index in [0.717, 1.165) is 11.3 Å². The van der Waals surface area contributed by atoms with Crippen LogP contribution < -0.4 is 24.4 Å². The molecule has 3 heterocycles. The molecule has 0 unspecified atom stereocenters. The summed E-state index contributed by atoms with van der Waals surface area (Å²) in [5, 5.41) is 11.1. The molecule has 12 heteroatoms. The molecule has 41 heavy (non-hydrogen) atoms.